The van der Waals surface area contributed by atoms with Crippen LogP contribution in [0.5, 0.6) is 5.88 Å². The van der Waals surface area contributed by atoms with E-state index in [0.717, 1.165) is 11.2 Å². The number of nitrogens with zero attached hydrogens (tertiary/aromatic N) is 5. The van der Waals surface area contributed by atoms with Crippen molar-refractivity contribution in [2.45, 2.75) is 31.2 Å². The zero-order chi connectivity index (χ0) is 23.8. The highest BCUT2D eigenvalue weighted by Crippen LogP contribution is 2.71. The number of ether oxygens (including phenoxy) is 1. The number of amides is 1. The SMILES string of the molecule is O=C(c1cccc(F)c1-n1nccn1)N1CC2CC23CC(Oc2ncc(C(F)(F)F)cc2F)C13. The van der Waals surface area contributed by atoms with Gasteiger partial charge in [-0.25, -0.2) is 13.8 Å². The fourth-order valence-electron chi connectivity index (χ4n) is 5.44. The number of carbonyl (C=O) groups is 1. The number of piperidine rings is 1. The Labute approximate surface area is 189 Å². The Morgan fingerprint density at radius 1 is 1.12 bits per heavy atom. The van der Waals surface area contributed by atoms with Crippen molar-refractivity contribution in [2.75, 3.05) is 6.54 Å². The molecule has 1 spiro atoms. The molecule has 1 saturated heterocycles. The van der Waals surface area contributed by atoms with Crippen molar-refractivity contribution >= 4 is 5.91 Å². The number of halogens is 5. The van der Waals surface area contributed by atoms with Crippen LogP contribution in [0.3, 0.4) is 0 Å². The van der Waals surface area contributed by atoms with Crippen molar-refractivity contribution in [1.82, 2.24) is 24.9 Å². The Kier molecular flexibility index (Phi) is 4.30. The molecule has 2 saturated carbocycles. The molecule has 0 radical (unpaired) electrons. The summed E-state index contributed by atoms with van der Waals surface area (Å²) in [6.07, 6.45) is -0.721. The summed E-state index contributed by atoms with van der Waals surface area (Å²) in [7, 11) is 0. The second kappa shape index (κ2) is 6.97. The number of hydrogen-bond acceptors (Lipinski definition) is 5. The molecule has 0 N–H and O–H groups in total. The average Bonchev–Trinajstić information content (AvgIpc) is 3.14. The van der Waals surface area contributed by atoms with Gasteiger partial charge in [-0.3, -0.25) is 4.79 Å². The van der Waals surface area contributed by atoms with Crippen LogP contribution in [0, 0.1) is 23.0 Å². The van der Waals surface area contributed by atoms with Crippen LogP contribution >= 0.6 is 0 Å². The molecule has 1 aliphatic heterocycles. The molecule has 2 aliphatic carbocycles. The van der Waals surface area contributed by atoms with Gasteiger partial charge in [-0.05, 0) is 37.0 Å². The number of alkyl halides is 3. The summed E-state index contributed by atoms with van der Waals surface area (Å²) >= 11 is 0. The monoisotopic (exact) mass is 477 g/mol. The molecule has 3 fully saturated rings. The van der Waals surface area contributed by atoms with Crippen LogP contribution in [0.4, 0.5) is 22.0 Å². The molecular weight excluding hydrogens is 461 g/mol. The van der Waals surface area contributed by atoms with Gasteiger partial charge in [0.25, 0.3) is 11.8 Å². The summed E-state index contributed by atoms with van der Waals surface area (Å²) < 4.78 is 73.0. The molecule has 2 aromatic heterocycles. The standard InChI is InChI=1S/C22H16F5N5O2/c23-14-3-1-2-13(17(14)32-29-4-5-30-32)20(33)31-10-12-7-21(12)8-16(18(21)31)34-19-15(24)6-11(9-28-19)22(25,26)27/h1-6,9,12,16,18H,7-8,10H2. The molecule has 3 aliphatic rings. The van der Waals surface area contributed by atoms with Crippen molar-refractivity contribution in [3.8, 4) is 11.6 Å². The van der Waals surface area contributed by atoms with Crippen molar-refractivity contribution in [3.05, 3.63) is 65.6 Å². The molecule has 34 heavy (non-hydrogen) atoms. The van der Waals surface area contributed by atoms with Gasteiger partial charge in [-0.2, -0.15) is 23.4 Å². The molecule has 0 bridgehead atoms. The Hall–Kier alpha value is -3.57. The molecule has 4 unspecified atom stereocenters. The molecule has 176 valence electrons. The first-order valence-corrected chi connectivity index (χ1v) is 10.5. The van der Waals surface area contributed by atoms with Gasteiger partial charge in [-0.15, -0.1) is 4.80 Å². The smallest absolute Gasteiger partial charge is 0.417 e. The summed E-state index contributed by atoms with van der Waals surface area (Å²) in [5, 5.41) is 7.86. The maximum Gasteiger partial charge on any atom is 0.417 e. The van der Waals surface area contributed by atoms with Gasteiger partial charge in [0.15, 0.2) is 11.6 Å². The van der Waals surface area contributed by atoms with Gasteiger partial charge in [0, 0.05) is 18.2 Å². The topological polar surface area (TPSA) is 73.1 Å². The lowest BCUT2D eigenvalue weighted by molar-refractivity contribution is -0.138. The summed E-state index contributed by atoms with van der Waals surface area (Å²) in [6.45, 7) is 0.425. The molecule has 7 nitrogen and oxygen atoms in total. The Bertz CT molecular complexity index is 1300. The number of carbonyl (C=O) groups excluding carboxylic acids is 1. The van der Waals surface area contributed by atoms with E-state index in [1.54, 1.807) is 4.90 Å². The summed E-state index contributed by atoms with van der Waals surface area (Å²) in [6, 6.07) is 4.01. The van der Waals surface area contributed by atoms with Crippen molar-refractivity contribution in [2.24, 2.45) is 11.3 Å². The van der Waals surface area contributed by atoms with Crippen molar-refractivity contribution in [1.29, 1.82) is 0 Å². The van der Waals surface area contributed by atoms with Crippen molar-refractivity contribution < 1.29 is 31.5 Å². The van der Waals surface area contributed by atoms with Gasteiger partial charge < -0.3 is 9.64 Å². The average molecular weight is 477 g/mol. The Balaban J connectivity index is 1.28. The maximum atomic E-state index is 14.6. The lowest BCUT2D eigenvalue weighted by atomic mass is 9.73. The van der Waals surface area contributed by atoms with Crippen LogP contribution in [0.25, 0.3) is 5.69 Å². The van der Waals surface area contributed by atoms with E-state index in [4.69, 9.17) is 4.74 Å². The normalized spacial score (nSPS) is 27.1. The zero-order valence-corrected chi connectivity index (χ0v) is 17.3. The minimum atomic E-state index is -4.73. The summed E-state index contributed by atoms with van der Waals surface area (Å²) in [5.41, 5.74) is -1.40. The fourth-order valence-corrected chi connectivity index (χ4v) is 5.44. The van der Waals surface area contributed by atoms with Gasteiger partial charge >= 0.3 is 6.18 Å². The first-order valence-electron chi connectivity index (χ1n) is 10.5. The zero-order valence-electron chi connectivity index (χ0n) is 17.3. The van der Waals surface area contributed by atoms with Crippen molar-refractivity contribution in [3.63, 3.8) is 0 Å². The van der Waals surface area contributed by atoms with E-state index in [2.05, 4.69) is 15.2 Å². The molecule has 3 heterocycles. The van der Waals surface area contributed by atoms with E-state index < -0.39 is 47.3 Å². The number of rotatable bonds is 4. The molecule has 3 aromatic rings. The highest BCUT2D eigenvalue weighted by atomic mass is 19.4. The van der Waals surface area contributed by atoms with E-state index in [1.807, 2.05) is 0 Å². The number of likely N-dealkylation sites (tertiary alicyclic amines) is 1. The van der Waals surface area contributed by atoms with Gasteiger partial charge in [-0.1, -0.05) is 6.07 Å². The third kappa shape index (κ3) is 3.00. The number of aromatic nitrogens is 4. The third-order valence-electron chi connectivity index (χ3n) is 7.05. The van der Waals surface area contributed by atoms with Crippen LogP contribution in [-0.2, 0) is 6.18 Å². The van der Waals surface area contributed by atoms with Gasteiger partial charge in [0.1, 0.15) is 11.8 Å². The van der Waals surface area contributed by atoms with E-state index in [1.165, 1.54) is 30.6 Å². The lowest BCUT2D eigenvalue weighted by Crippen LogP contribution is -2.59. The highest BCUT2D eigenvalue weighted by Gasteiger charge is 2.76. The van der Waals surface area contributed by atoms with Crippen LogP contribution in [0.2, 0.25) is 0 Å². The van der Waals surface area contributed by atoms with E-state index in [-0.39, 0.29) is 22.6 Å². The molecule has 1 amide bonds. The second-order valence-electron chi connectivity index (χ2n) is 8.86. The molecule has 1 aromatic carbocycles. The predicted octanol–water partition coefficient (Wildman–Crippen LogP) is 3.64. The summed E-state index contributed by atoms with van der Waals surface area (Å²) in [5.74, 6) is -2.64. The first-order chi connectivity index (χ1) is 16.2. The first kappa shape index (κ1) is 21.0. The van der Waals surface area contributed by atoms with Gasteiger partial charge in [0.05, 0.1) is 29.6 Å². The maximum absolute atomic E-state index is 14.6. The second-order valence-corrected chi connectivity index (χ2v) is 8.86. The van der Waals surface area contributed by atoms with Crippen LogP contribution < -0.4 is 4.74 Å². The Morgan fingerprint density at radius 3 is 2.59 bits per heavy atom. The minimum Gasteiger partial charge on any atom is -0.470 e. The number of benzene rings is 1. The van der Waals surface area contributed by atoms with Crippen LogP contribution in [-0.4, -0.2) is 49.5 Å². The number of pyridine rings is 1. The predicted molar refractivity (Wildman–Crippen MR) is 105 cm³/mol. The lowest BCUT2D eigenvalue weighted by Gasteiger charge is -2.47. The van der Waals surface area contributed by atoms with E-state index in [9.17, 15) is 26.7 Å². The van der Waals surface area contributed by atoms with Crippen LogP contribution in [0.1, 0.15) is 28.8 Å². The van der Waals surface area contributed by atoms with E-state index >= 15 is 0 Å². The largest absolute Gasteiger partial charge is 0.470 e. The van der Waals surface area contributed by atoms with Gasteiger partial charge in [0.2, 0.25) is 0 Å². The van der Waals surface area contributed by atoms with Crippen LogP contribution in [0.15, 0.2) is 42.9 Å². The number of hydrogen-bond donors (Lipinski definition) is 0. The Morgan fingerprint density at radius 2 is 1.88 bits per heavy atom. The highest BCUT2D eigenvalue weighted by molar-refractivity contribution is 5.98. The molecule has 6 rings (SSSR count). The summed E-state index contributed by atoms with van der Waals surface area (Å²) in [4.78, 5) is 19.6. The molecule has 12 heteroatoms. The fraction of sp³-hybridized carbons (Fsp3) is 0.364. The van der Waals surface area contributed by atoms with E-state index in [0.29, 0.717) is 25.2 Å². The minimum absolute atomic E-state index is 0.0668. The quantitative estimate of drug-likeness (QED) is 0.537. The number of para-hydroxylation sites is 1. The molecular formula is C22H16F5N5O2. The third-order valence-corrected chi connectivity index (χ3v) is 7.05. The molecule has 4 atom stereocenters.